The zero-order valence-corrected chi connectivity index (χ0v) is 18.0. The molecule has 10 heteroatoms. The smallest absolute Gasteiger partial charge is 0.243 e. The predicted octanol–water partition coefficient (Wildman–Crippen LogP) is 1.36. The van der Waals surface area contributed by atoms with E-state index in [-0.39, 0.29) is 28.2 Å². The Bertz CT molecular complexity index is 1110. The van der Waals surface area contributed by atoms with Crippen molar-refractivity contribution in [2.75, 3.05) is 38.1 Å². The summed E-state index contributed by atoms with van der Waals surface area (Å²) < 4.78 is 41.0. The third kappa shape index (κ3) is 3.11. The molecule has 4 heterocycles. The van der Waals surface area contributed by atoms with Crippen LogP contribution in [0.1, 0.15) is 12.8 Å². The fourth-order valence-corrected chi connectivity index (χ4v) is 7.00. The number of carbonyl (C=O) groups is 1. The summed E-state index contributed by atoms with van der Waals surface area (Å²) in [6.07, 6.45) is 4.48. The van der Waals surface area contributed by atoms with E-state index < -0.39 is 15.8 Å². The number of halogens is 1. The Kier molecular flexibility index (Phi) is 4.74. The van der Waals surface area contributed by atoms with E-state index in [1.807, 2.05) is 11.9 Å². The molecule has 3 aliphatic rings. The molecule has 1 amide bonds. The summed E-state index contributed by atoms with van der Waals surface area (Å²) in [5.74, 6) is 0.0965. The van der Waals surface area contributed by atoms with Gasteiger partial charge in [0.25, 0.3) is 0 Å². The van der Waals surface area contributed by atoms with Gasteiger partial charge in [-0.1, -0.05) is 6.07 Å². The minimum Gasteiger partial charge on any atom is -0.340 e. The summed E-state index contributed by atoms with van der Waals surface area (Å²) in [4.78, 5) is 25.6. The second kappa shape index (κ2) is 7.23. The van der Waals surface area contributed by atoms with Crippen LogP contribution in [0.5, 0.6) is 0 Å². The first kappa shape index (κ1) is 20.3. The van der Waals surface area contributed by atoms with Gasteiger partial charge in [0.2, 0.25) is 21.9 Å². The molecule has 0 bridgehead atoms. The molecule has 1 spiro atoms. The molecule has 3 aliphatic heterocycles. The van der Waals surface area contributed by atoms with Gasteiger partial charge in [0, 0.05) is 51.5 Å². The molecule has 8 nitrogen and oxygen atoms in total. The van der Waals surface area contributed by atoms with E-state index in [0.717, 1.165) is 6.07 Å². The first-order chi connectivity index (χ1) is 14.8. The summed E-state index contributed by atoms with van der Waals surface area (Å²) >= 11 is 0. The van der Waals surface area contributed by atoms with Gasteiger partial charge >= 0.3 is 0 Å². The van der Waals surface area contributed by atoms with Crippen LogP contribution >= 0.6 is 0 Å². The van der Waals surface area contributed by atoms with Crippen molar-refractivity contribution >= 4 is 21.9 Å². The standard InChI is InChI=1S/C21H24FN5O3S/c1-25-19(28)17-13-26(20-23-8-3-9-24-20)14-18(17)21(25)6-10-27(11-7-21)31(29,30)16-5-2-4-15(22)12-16/h2-5,8-9,12,17-18H,6-7,10-11,13-14H2,1H3/t17-,18+/m1/s1. The maximum absolute atomic E-state index is 13.6. The lowest BCUT2D eigenvalue weighted by molar-refractivity contribution is -0.132. The molecule has 0 radical (unpaired) electrons. The molecular formula is C21H24FN5O3S. The van der Waals surface area contributed by atoms with Gasteiger partial charge in [0.1, 0.15) is 5.82 Å². The minimum absolute atomic E-state index is 0.0366. The van der Waals surface area contributed by atoms with Crippen molar-refractivity contribution in [2.45, 2.75) is 23.3 Å². The fourth-order valence-electron chi connectivity index (χ4n) is 5.53. The zero-order valence-electron chi connectivity index (χ0n) is 17.2. The second-order valence-electron chi connectivity index (χ2n) is 8.53. The van der Waals surface area contributed by atoms with Gasteiger partial charge in [-0.05, 0) is 37.1 Å². The fraction of sp³-hybridized carbons (Fsp3) is 0.476. The van der Waals surface area contributed by atoms with Gasteiger partial charge in [-0.2, -0.15) is 4.31 Å². The van der Waals surface area contributed by atoms with Crippen LogP contribution in [0.15, 0.2) is 47.6 Å². The molecule has 1 aromatic carbocycles. The Morgan fingerprint density at radius 1 is 1.10 bits per heavy atom. The number of hydrogen-bond acceptors (Lipinski definition) is 6. The summed E-state index contributed by atoms with van der Waals surface area (Å²) in [5, 5.41) is 0. The molecule has 3 fully saturated rings. The van der Waals surface area contributed by atoms with E-state index in [2.05, 4.69) is 14.9 Å². The molecule has 164 valence electrons. The van der Waals surface area contributed by atoms with Crippen molar-refractivity contribution in [2.24, 2.45) is 11.8 Å². The SMILES string of the molecule is CN1C(=O)[C@@H]2CN(c3ncccn3)C[C@@H]2C12CCN(S(=O)(=O)c1cccc(F)c1)CC2. The van der Waals surface area contributed by atoms with E-state index in [1.54, 1.807) is 18.5 Å². The Balaban J connectivity index is 1.37. The maximum atomic E-state index is 13.6. The lowest BCUT2D eigenvalue weighted by atomic mass is 9.75. The van der Waals surface area contributed by atoms with Gasteiger partial charge in [0.15, 0.2) is 0 Å². The molecule has 0 saturated carbocycles. The second-order valence-corrected chi connectivity index (χ2v) is 10.5. The number of benzene rings is 1. The number of carbonyl (C=O) groups excluding carboxylic acids is 1. The predicted molar refractivity (Wildman–Crippen MR) is 111 cm³/mol. The highest BCUT2D eigenvalue weighted by atomic mass is 32.2. The number of sulfonamides is 1. The van der Waals surface area contributed by atoms with Crippen LogP contribution in [0.25, 0.3) is 0 Å². The van der Waals surface area contributed by atoms with Crippen molar-refractivity contribution in [3.05, 3.63) is 48.5 Å². The first-order valence-electron chi connectivity index (χ1n) is 10.4. The molecule has 2 atom stereocenters. The average molecular weight is 446 g/mol. The molecule has 3 saturated heterocycles. The maximum Gasteiger partial charge on any atom is 0.243 e. The highest BCUT2D eigenvalue weighted by molar-refractivity contribution is 7.89. The van der Waals surface area contributed by atoms with E-state index in [4.69, 9.17) is 0 Å². The van der Waals surface area contributed by atoms with Gasteiger partial charge in [-0.3, -0.25) is 4.79 Å². The van der Waals surface area contributed by atoms with Gasteiger partial charge in [0.05, 0.1) is 16.4 Å². The molecule has 1 aromatic heterocycles. The van der Waals surface area contributed by atoms with Crippen molar-refractivity contribution in [3.8, 4) is 0 Å². The van der Waals surface area contributed by atoms with Gasteiger partial charge in [-0.25, -0.2) is 22.8 Å². The molecule has 31 heavy (non-hydrogen) atoms. The highest BCUT2D eigenvalue weighted by Gasteiger charge is 2.61. The summed E-state index contributed by atoms with van der Waals surface area (Å²) in [6, 6.07) is 6.86. The van der Waals surface area contributed by atoms with Crippen LogP contribution in [0.3, 0.4) is 0 Å². The van der Waals surface area contributed by atoms with E-state index in [1.165, 1.54) is 22.5 Å². The normalized spacial score (nSPS) is 25.9. The minimum atomic E-state index is -3.78. The van der Waals surface area contributed by atoms with E-state index >= 15 is 0 Å². The number of nitrogens with zero attached hydrogens (tertiary/aromatic N) is 5. The van der Waals surface area contributed by atoms with Gasteiger partial charge in [-0.15, -0.1) is 0 Å². The topological polar surface area (TPSA) is 86.7 Å². The quantitative estimate of drug-likeness (QED) is 0.709. The highest BCUT2D eigenvalue weighted by Crippen LogP contribution is 2.49. The van der Waals surface area contributed by atoms with Gasteiger partial charge < -0.3 is 9.80 Å². The van der Waals surface area contributed by atoms with Crippen LogP contribution in [0.4, 0.5) is 10.3 Å². The molecule has 0 aliphatic carbocycles. The Morgan fingerprint density at radius 2 is 1.81 bits per heavy atom. The van der Waals surface area contributed by atoms with Crippen molar-refractivity contribution in [1.82, 2.24) is 19.2 Å². The summed E-state index contributed by atoms with van der Waals surface area (Å²) in [5.41, 5.74) is -0.390. The molecule has 0 N–H and O–H groups in total. The van der Waals surface area contributed by atoms with Crippen LogP contribution in [0, 0.1) is 17.7 Å². The van der Waals surface area contributed by atoms with Crippen LogP contribution in [-0.4, -0.2) is 72.3 Å². The Hall–Kier alpha value is -2.59. The van der Waals surface area contributed by atoms with Crippen LogP contribution < -0.4 is 4.90 Å². The van der Waals surface area contributed by atoms with Crippen LogP contribution in [0.2, 0.25) is 0 Å². The number of piperidine rings is 1. The molecular weight excluding hydrogens is 421 g/mol. The lowest BCUT2D eigenvalue weighted by Gasteiger charge is -2.46. The van der Waals surface area contributed by atoms with E-state index in [0.29, 0.717) is 45.0 Å². The number of anilines is 1. The first-order valence-corrected chi connectivity index (χ1v) is 11.8. The Morgan fingerprint density at radius 3 is 2.48 bits per heavy atom. The number of rotatable bonds is 3. The lowest BCUT2D eigenvalue weighted by Crippen LogP contribution is -2.56. The van der Waals surface area contributed by atoms with Crippen molar-refractivity contribution in [1.29, 1.82) is 0 Å². The van der Waals surface area contributed by atoms with Crippen LogP contribution in [-0.2, 0) is 14.8 Å². The number of likely N-dealkylation sites (tertiary alicyclic amines) is 1. The molecule has 2 aromatic rings. The third-order valence-electron chi connectivity index (χ3n) is 7.18. The monoisotopic (exact) mass is 445 g/mol. The molecule has 0 unspecified atom stereocenters. The third-order valence-corrected chi connectivity index (χ3v) is 9.08. The number of aromatic nitrogens is 2. The Labute approximate surface area is 180 Å². The van der Waals surface area contributed by atoms with Crippen molar-refractivity contribution < 1.29 is 17.6 Å². The van der Waals surface area contributed by atoms with Crippen molar-refractivity contribution in [3.63, 3.8) is 0 Å². The summed E-state index contributed by atoms with van der Waals surface area (Å²) in [6.45, 7) is 1.83. The average Bonchev–Trinajstić information content (AvgIpc) is 3.31. The largest absolute Gasteiger partial charge is 0.340 e. The number of hydrogen-bond donors (Lipinski definition) is 0. The number of amides is 1. The molecule has 5 rings (SSSR count). The number of fused-ring (bicyclic) bond motifs is 2. The zero-order chi connectivity index (χ0) is 21.8. The summed E-state index contributed by atoms with van der Waals surface area (Å²) in [7, 11) is -1.94. The van der Waals surface area contributed by atoms with E-state index in [9.17, 15) is 17.6 Å².